The van der Waals surface area contributed by atoms with Gasteiger partial charge in [0.05, 0.1) is 6.10 Å². The second-order valence-electron chi connectivity index (χ2n) is 6.91. The summed E-state index contributed by atoms with van der Waals surface area (Å²) in [5.74, 6) is 2.09. The number of nitrogens with zero attached hydrogens (tertiary/aromatic N) is 1. The molecule has 0 bridgehead atoms. The van der Waals surface area contributed by atoms with E-state index < -0.39 is 23.6 Å². The van der Waals surface area contributed by atoms with E-state index in [0.29, 0.717) is 13.1 Å². The van der Waals surface area contributed by atoms with Gasteiger partial charge in [0.25, 0.3) is 0 Å². The van der Waals surface area contributed by atoms with Crippen LogP contribution >= 0.6 is 0 Å². The zero-order valence-corrected chi connectivity index (χ0v) is 13.3. The highest BCUT2D eigenvalue weighted by Crippen LogP contribution is 2.44. The molecule has 4 rings (SSSR count). The highest BCUT2D eigenvalue weighted by atomic mass is 16.8. The van der Waals surface area contributed by atoms with Crippen molar-refractivity contribution in [3.63, 3.8) is 0 Å². The number of hydrogen-bond donors (Lipinski definition) is 1. The molecule has 0 aromatic heterocycles. The van der Waals surface area contributed by atoms with Crippen molar-refractivity contribution in [3.05, 3.63) is 35.9 Å². The molecule has 1 aromatic rings. The lowest BCUT2D eigenvalue weighted by Gasteiger charge is -2.37. The van der Waals surface area contributed by atoms with E-state index in [0.717, 1.165) is 5.56 Å². The monoisotopic (exact) mass is 315 g/mol. The lowest BCUT2D eigenvalue weighted by Crippen LogP contribution is -2.58. The van der Waals surface area contributed by atoms with Crippen molar-refractivity contribution in [2.24, 2.45) is 0 Å². The predicted octanol–water partition coefficient (Wildman–Crippen LogP) is 1.07. The van der Waals surface area contributed by atoms with Crippen LogP contribution in [0.5, 0.6) is 0 Å². The molecule has 0 amide bonds. The molecule has 5 atom stereocenters. The van der Waals surface area contributed by atoms with Crippen molar-refractivity contribution in [2.45, 2.75) is 49.8 Å². The Morgan fingerprint density at radius 2 is 1.87 bits per heavy atom. The van der Waals surface area contributed by atoms with Gasteiger partial charge in [0, 0.05) is 13.1 Å². The van der Waals surface area contributed by atoms with Crippen LogP contribution in [-0.4, -0.2) is 53.4 Å². The van der Waals surface area contributed by atoms with Gasteiger partial charge in [0.1, 0.15) is 18.4 Å². The summed E-state index contributed by atoms with van der Waals surface area (Å²) in [6, 6.07) is 9.80. The third-order valence-electron chi connectivity index (χ3n) is 4.83. The molecule has 3 fully saturated rings. The van der Waals surface area contributed by atoms with Gasteiger partial charge in [0.2, 0.25) is 0 Å². The summed E-state index contributed by atoms with van der Waals surface area (Å²) < 4.78 is 18.2. The number of aliphatic hydroxyl groups is 1. The minimum atomic E-state index is -0.823. The normalized spacial score (nSPS) is 42.0. The molecule has 0 radical (unpaired) electrons. The number of ether oxygens (including phenoxy) is 3. The Morgan fingerprint density at radius 1 is 1.17 bits per heavy atom. The van der Waals surface area contributed by atoms with Gasteiger partial charge in [-0.25, -0.2) is 0 Å². The van der Waals surface area contributed by atoms with Crippen LogP contribution in [0.2, 0.25) is 0 Å². The Kier molecular flexibility index (Phi) is 3.31. The number of terminal acetylenes is 1. The molecule has 122 valence electrons. The standard InChI is InChI=1S/C18H21NO4/c1-4-18(12-8-6-5-7-9-12)11-19-10-13(20)14-15(16(19)23-18)22-17(2,3)21-14/h1,5-9,13-16,20H,10-11H2,2-3H3/t13-,14-,15?,16+,18?/m1/s1. The first-order valence-corrected chi connectivity index (χ1v) is 7.93. The van der Waals surface area contributed by atoms with Gasteiger partial charge in [-0.1, -0.05) is 36.3 Å². The topological polar surface area (TPSA) is 51.2 Å². The van der Waals surface area contributed by atoms with Crippen LogP contribution in [-0.2, 0) is 19.8 Å². The van der Waals surface area contributed by atoms with E-state index in [1.165, 1.54) is 0 Å². The number of hydrogen-bond acceptors (Lipinski definition) is 5. The van der Waals surface area contributed by atoms with Gasteiger partial charge in [-0.2, -0.15) is 0 Å². The zero-order chi connectivity index (χ0) is 16.2. The number of aliphatic hydroxyl groups excluding tert-OH is 1. The Balaban J connectivity index is 1.68. The predicted molar refractivity (Wildman–Crippen MR) is 83.2 cm³/mol. The molecule has 1 aromatic carbocycles. The largest absolute Gasteiger partial charge is 0.389 e. The molecular formula is C18H21NO4. The second kappa shape index (κ2) is 5.04. The van der Waals surface area contributed by atoms with Crippen LogP contribution in [0.4, 0.5) is 0 Å². The van der Waals surface area contributed by atoms with Crippen LogP contribution in [0, 0.1) is 12.3 Å². The zero-order valence-electron chi connectivity index (χ0n) is 13.3. The molecule has 5 heteroatoms. The van der Waals surface area contributed by atoms with E-state index in [1.807, 2.05) is 44.2 Å². The minimum absolute atomic E-state index is 0.318. The SMILES string of the molecule is C#CC1(c2ccccc2)CN2C[C@@H](O)[C@H]3OC(C)(C)OC3[C@@H]2O1. The summed E-state index contributed by atoms with van der Waals surface area (Å²) in [6.45, 7) is 4.69. The number of benzene rings is 1. The van der Waals surface area contributed by atoms with Crippen LogP contribution in [0.15, 0.2) is 30.3 Å². The fourth-order valence-corrected chi connectivity index (χ4v) is 3.85. The first kappa shape index (κ1) is 15.1. The van der Waals surface area contributed by atoms with E-state index >= 15 is 0 Å². The summed E-state index contributed by atoms with van der Waals surface area (Å²) in [6.07, 6.45) is 4.16. The Bertz CT molecular complexity index is 640. The third kappa shape index (κ3) is 2.30. The van der Waals surface area contributed by atoms with Gasteiger partial charge in [-0.15, -0.1) is 6.42 Å². The maximum absolute atomic E-state index is 10.4. The van der Waals surface area contributed by atoms with Crippen LogP contribution in [0.1, 0.15) is 19.4 Å². The van der Waals surface area contributed by atoms with Crippen LogP contribution < -0.4 is 0 Å². The summed E-state index contributed by atoms with van der Waals surface area (Å²) in [5, 5.41) is 10.4. The highest BCUT2D eigenvalue weighted by molar-refractivity contribution is 5.33. The first-order valence-electron chi connectivity index (χ1n) is 7.93. The molecule has 5 nitrogen and oxygen atoms in total. The molecule has 1 N–H and O–H groups in total. The van der Waals surface area contributed by atoms with Gasteiger partial charge in [0.15, 0.2) is 11.4 Å². The van der Waals surface area contributed by atoms with E-state index in [9.17, 15) is 5.11 Å². The molecule has 3 aliphatic heterocycles. The van der Waals surface area contributed by atoms with Crippen molar-refractivity contribution in [3.8, 4) is 12.3 Å². The van der Waals surface area contributed by atoms with E-state index in [4.69, 9.17) is 20.6 Å². The average Bonchev–Trinajstić information content (AvgIpc) is 3.06. The number of rotatable bonds is 1. The van der Waals surface area contributed by atoms with Crippen LogP contribution in [0.25, 0.3) is 0 Å². The molecule has 0 aliphatic carbocycles. The van der Waals surface area contributed by atoms with E-state index in [1.54, 1.807) is 0 Å². The van der Waals surface area contributed by atoms with E-state index in [2.05, 4.69) is 10.8 Å². The first-order chi connectivity index (χ1) is 10.9. The Morgan fingerprint density at radius 3 is 2.57 bits per heavy atom. The number of piperidine rings is 1. The lowest BCUT2D eigenvalue weighted by molar-refractivity contribution is -0.170. The molecule has 0 spiro atoms. The summed E-state index contributed by atoms with van der Waals surface area (Å²) in [5.41, 5.74) is 0.123. The lowest BCUT2D eigenvalue weighted by atomic mass is 9.94. The molecule has 0 saturated carbocycles. The van der Waals surface area contributed by atoms with Crippen molar-refractivity contribution in [1.82, 2.24) is 4.90 Å². The van der Waals surface area contributed by atoms with Crippen molar-refractivity contribution >= 4 is 0 Å². The van der Waals surface area contributed by atoms with Crippen molar-refractivity contribution in [2.75, 3.05) is 13.1 Å². The van der Waals surface area contributed by atoms with Crippen molar-refractivity contribution in [1.29, 1.82) is 0 Å². The molecule has 2 unspecified atom stereocenters. The molecule has 3 aliphatic rings. The second-order valence-corrected chi connectivity index (χ2v) is 6.91. The molecule has 23 heavy (non-hydrogen) atoms. The minimum Gasteiger partial charge on any atom is -0.389 e. The van der Waals surface area contributed by atoms with Gasteiger partial charge >= 0.3 is 0 Å². The Labute approximate surface area is 136 Å². The summed E-state index contributed by atoms with van der Waals surface area (Å²) in [7, 11) is 0. The molecule has 3 saturated heterocycles. The molecule has 3 heterocycles. The quantitative estimate of drug-likeness (QED) is 0.786. The Hall–Kier alpha value is -1.42. The summed E-state index contributed by atoms with van der Waals surface area (Å²) >= 11 is 0. The smallest absolute Gasteiger partial charge is 0.168 e. The van der Waals surface area contributed by atoms with Gasteiger partial charge in [-0.05, 0) is 19.4 Å². The van der Waals surface area contributed by atoms with Crippen molar-refractivity contribution < 1.29 is 19.3 Å². The molecular weight excluding hydrogens is 294 g/mol. The third-order valence-corrected chi connectivity index (χ3v) is 4.83. The highest BCUT2D eigenvalue weighted by Gasteiger charge is 2.59. The van der Waals surface area contributed by atoms with Gasteiger partial charge < -0.3 is 19.3 Å². The summed E-state index contributed by atoms with van der Waals surface area (Å²) in [4.78, 5) is 2.06. The fourth-order valence-electron chi connectivity index (χ4n) is 3.85. The maximum atomic E-state index is 10.4. The van der Waals surface area contributed by atoms with E-state index in [-0.39, 0.29) is 12.3 Å². The fraction of sp³-hybridized carbons (Fsp3) is 0.556. The number of fused-ring (bicyclic) bond motifs is 3. The maximum Gasteiger partial charge on any atom is 0.168 e. The van der Waals surface area contributed by atoms with Crippen LogP contribution in [0.3, 0.4) is 0 Å². The van der Waals surface area contributed by atoms with Gasteiger partial charge in [-0.3, -0.25) is 4.90 Å². The average molecular weight is 315 g/mol.